The Balaban J connectivity index is 2.62. The summed E-state index contributed by atoms with van der Waals surface area (Å²) >= 11 is 5.84. The van der Waals surface area contributed by atoms with Crippen LogP contribution in [-0.4, -0.2) is 12.6 Å². The van der Waals surface area contributed by atoms with E-state index in [0.29, 0.717) is 12.6 Å². The third-order valence-electron chi connectivity index (χ3n) is 2.00. The van der Waals surface area contributed by atoms with E-state index < -0.39 is 0 Å². The molecule has 0 spiro atoms. The summed E-state index contributed by atoms with van der Waals surface area (Å²) in [5, 5.41) is 3.36. The summed E-state index contributed by atoms with van der Waals surface area (Å²) in [5.41, 5.74) is 6.80. The fraction of sp³-hybridized carbons (Fsp3) is 0.400. The van der Waals surface area contributed by atoms with Gasteiger partial charge in [-0.2, -0.15) is 0 Å². The Morgan fingerprint density at radius 2 is 2.29 bits per heavy atom. The molecule has 1 rings (SSSR count). The van der Waals surface area contributed by atoms with E-state index in [1.807, 2.05) is 0 Å². The molecular formula is C10H14BrIN2. The smallest absolute Gasteiger partial charge is 0.0220 e. The molecule has 0 saturated carbocycles. The second kappa shape index (κ2) is 6.05. The van der Waals surface area contributed by atoms with Gasteiger partial charge in [0.2, 0.25) is 0 Å². The molecule has 1 aromatic rings. The summed E-state index contributed by atoms with van der Waals surface area (Å²) in [5.74, 6) is 0. The molecule has 0 bridgehead atoms. The van der Waals surface area contributed by atoms with E-state index in [1.54, 1.807) is 0 Å². The van der Waals surface area contributed by atoms with Gasteiger partial charge < -0.3 is 11.1 Å². The molecule has 0 aliphatic rings. The molecule has 0 saturated heterocycles. The van der Waals surface area contributed by atoms with Crippen LogP contribution in [0.25, 0.3) is 0 Å². The molecule has 0 aliphatic heterocycles. The summed E-state index contributed by atoms with van der Waals surface area (Å²) in [7, 11) is 0. The summed E-state index contributed by atoms with van der Waals surface area (Å²) in [6, 6.07) is 6.69. The summed E-state index contributed by atoms with van der Waals surface area (Å²) in [6.07, 6.45) is 0. The van der Waals surface area contributed by atoms with Crippen LogP contribution in [0.1, 0.15) is 12.5 Å². The molecule has 4 heteroatoms. The minimum Gasteiger partial charge on any atom is -0.329 e. The Bertz CT molecular complexity index is 304. The Labute approximate surface area is 107 Å². The third kappa shape index (κ3) is 3.84. The number of nitrogens with two attached hydrogens (primary N) is 1. The highest BCUT2D eigenvalue weighted by molar-refractivity contribution is 14.1. The number of hydrogen-bond acceptors (Lipinski definition) is 2. The first-order chi connectivity index (χ1) is 6.63. The van der Waals surface area contributed by atoms with Crippen molar-refractivity contribution in [3.05, 3.63) is 31.8 Å². The van der Waals surface area contributed by atoms with Crippen LogP contribution in [0.15, 0.2) is 22.7 Å². The van der Waals surface area contributed by atoms with Crippen LogP contribution in [0.2, 0.25) is 0 Å². The first-order valence-electron chi connectivity index (χ1n) is 4.51. The highest BCUT2D eigenvalue weighted by atomic mass is 127. The Hall–Kier alpha value is 0.350. The van der Waals surface area contributed by atoms with E-state index in [-0.39, 0.29) is 0 Å². The van der Waals surface area contributed by atoms with Gasteiger partial charge in [-0.25, -0.2) is 0 Å². The highest BCUT2D eigenvalue weighted by Crippen LogP contribution is 2.19. The topological polar surface area (TPSA) is 38.0 Å². The maximum absolute atomic E-state index is 5.53. The average Bonchev–Trinajstić information content (AvgIpc) is 2.19. The average molecular weight is 369 g/mol. The van der Waals surface area contributed by atoms with Crippen molar-refractivity contribution < 1.29 is 0 Å². The lowest BCUT2D eigenvalue weighted by molar-refractivity contribution is 0.555. The lowest BCUT2D eigenvalue weighted by Crippen LogP contribution is -2.32. The van der Waals surface area contributed by atoms with Crippen LogP contribution in [-0.2, 0) is 6.54 Å². The normalized spacial score (nSPS) is 12.9. The monoisotopic (exact) mass is 368 g/mol. The summed E-state index contributed by atoms with van der Waals surface area (Å²) in [6.45, 7) is 3.61. The molecule has 1 atom stereocenters. The minimum absolute atomic E-state index is 0.361. The third-order valence-corrected chi connectivity index (χ3v) is 3.45. The molecule has 0 unspecified atom stereocenters. The van der Waals surface area contributed by atoms with Crippen molar-refractivity contribution >= 4 is 38.5 Å². The molecule has 1 aromatic carbocycles. The lowest BCUT2D eigenvalue weighted by atomic mass is 10.2. The van der Waals surface area contributed by atoms with Gasteiger partial charge in [-0.05, 0) is 53.3 Å². The van der Waals surface area contributed by atoms with E-state index in [4.69, 9.17) is 5.73 Å². The van der Waals surface area contributed by atoms with E-state index in [9.17, 15) is 0 Å². The standard InChI is InChI=1S/C10H14BrIN2/c1-7(5-13)14-6-8-4-9(12)2-3-10(8)11/h2-4,7,14H,5-6,13H2,1H3/t7-/m0/s1. The molecule has 78 valence electrons. The number of rotatable bonds is 4. The van der Waals surface area contributed by atoms with Gasteiger partial charge in [0.05, 0.1) is 0 Å². The number of benzene rings is 1. The maximum Gasteiger partial charge on any atom is 0.0220 e. The molecule has 0 amide bonds. The summed E-state index contributed by atoms with van der Waals surface area (Å²) < 4.78 is 2.40. The fourth-order valence-electron chi connectivity index (χ4n) is 1.05. The van der Waals surface area contributed by atoms with Crippen molar-refractivity contribution in [3.63, 3.8) is 0 Å². The van der Waals surface area contributed by atoms with Crippen molar-refractivity contribution in [2.75, 3.05) is 6.54 Å². The van der Waals surface area contributed by atoms with Crippen molar-refractivity contribution in [2.24, 2.45) is 5.73 Å². The quantitative estimate of drug-likeness (QED) is 0.801. The predicted octanol–water partition coefficient (Wildman–Crippen LogP) is 2.49. The first-order valence-corrected chi connectivity index (χ1v) is 6.38. The zero-order chi connectivity index (χ0) is 10.6. The molecule has 0 aliphatic carbocycles. The zero-order valence-corrected chi connectivity index (χ0v) is 11.8. The first kappa shape index (κ1) is 12.4. The van der Waals surface area contributed by atoms with Crippen molar-refractivity contribution in [2.45, 2.75) is 19.5 Å². The lowest BCUT2D eigenvalue weighted by Gasteiger charge is -2.12. The van der Waals surface area contributed by atoms with E-state index in [1.165, 1.54) is 9.13 Å². The molecular weight excluding hydrogens is 355 g/mol. The van der Waals surface area contributed by atoms with Crippen LogP contribution < -0.4 is 11.1 Å². The molecule has 0 fully saturated rings. The number of nitrogens with one attached hydrogen (secondary N) is 1. The Kier molecular flexibility index (Phi) is 5.36. The van der Waals surface area contributed by atoms with Crippen LogP contribution in [0.4, 0.5) is 0 Å². The van der Waals surface area contributed by atoms with Gasteiger partial charge in [0, 0.05) is 27.2 Å². The molecule has 3 N–H and O–H groups in total. The van der Waals surface area contributed by atoms with Crippen LogP contribution >= 0.6 is 38.5 Å². The van der Waals surface area contributed by atoms with Gasteiger partial charge in [-0.3, -0.25) is 0 Å². The second-order valence-corrected chi connectivity index (χ2v) is 5.35. The zero-order valence-electron chi connectivity index (χ0n) is 8.06. The van der Waals surface area contributed by atoms with E-state index >= 15 is 0 Å². The van der Waals surface area contributed by atoms with Crippen molar-refractivity contribution in [1.29, 1.82) is 0 Å². The highest BCUT2D eigenvalue weighted by Gasteiger charge is 2.02. The largest absolute Gasteiger partial charge is 0.329 e. The number of halogens is 2. The van der Waals surface area contributed by atoms with Gasteiger partial charge in [-0.15, -0.1) is 0 Å². The SMILES string of the molecule is C[C@@H](CN)NCc1cc(I)ccc1Br. The molecule has 2 nitrogen and oxygen atoms in total. The fourth-order valence-corrected chi connectivity index (χ4v) is 1.99. The van der Waals surface area contributed by atoms with E-state index in [2.05, 4.69) is 69.0 Å². The van der Waals surface area contributed by atoms with Gasteiger partial charge in [0.25, 0.3) is 0 Å². The van der Waals surface area contributed by atoms with Crippen molar-refractivity contribution in [3.8, 4) is 0 Å². The van der Waals surface area contributed by atoms with Crippen LogP contribution in [0.3, 0.4) is 0 Å². The van der Waals surface area contributed by atoms with Gasteiger partial charge >= 0.3 is 0 Å². The Morgan fingerprint density at radius 3 is 2.93 bits per heavy atom. The van der Waals surface area contributed by atoms with Crippen LogP contribution in [0, 0.1) is 3.57 Å². The van der Waals surface area contributed by atoms with Crippen molar-refractivity contribution in [1.82, 2.24) is 5.32 Å². The molecule has 14 heavy (non-hydrogen) atoms. The van der Waals surface area contributed by atoms with E-state index in [0.717, 1.165) is 11.0 Å². The minimum atomic E-state index is 0.361. The molecule has 0 heterocycles. The van der Waals surface area contributed by atoms with Gasteiger partial charge in [0.1, 0.15) is 0 Å². The molecule has 0 radical (unpaired) electrons. The van der Waals surface area contributed by atoms with Gasteiger partial charge in [-0.1, -0.05) is 15.9 Å². The second-order valence-electron chi connectivity index (χ2n) is 3.25. The maximum atomic E-state index is 5.53. The summed E-state index contributed by atoms with van der Waals surface area (Å²) in [4.78, 5) is 0. The Morgan fingerprint density at radius 1 is 1.57 bits per heavy atom. The predicted molar refractivity (Wildman–Crippen MR) is 72.2 cm³/mol. The van der Waals surface area contributed by atoms with Gasteiger partial charge in [0.15, 0.2) is 0 Å². The van der Waals surface area contributed by atoms with Crippen LogP contribution in [0.5, 0.6) is 0 Å². The molecule has 0 aromatic heterocycles. The number of hydrogen-bond donors (Lipinski definition) is 2.